The Hall–Kier alpha value is -3.66. The van der Waals surface area contributed by atoms with Crippen LogP contribution in [0.25, 0.3) is 32.9 Å². The Kier molecular flexibility index (Phi) is 5.36. The van der Waals surface area contributed by atoms with Gasteiger partial charge >= 0.3 is 5.97 Å². The van der Waals surface area contributed by atoms with Crippen molar-refractivity contribution in [3.8, 4) is 33.6 Å². The van der Waals surface area contributed by atoms with E-state index in [0.717, 1.165) is 32.9 Å². The minimum absolute atomic E-state index is 0.0613. The summed E-state index contributed by atoms with van der Waals surface area (Å²) in [6, 6.07) is 23.8. The van der Waals surface area contributed by atoms with Gasteiger partial charge in [-0.15, -0.1) is 0 Å². The molecule has 0 amide bonds. The zero-order valence-corrected chi connectivity index (χ0v) is 18.4. The average molecular weight is 459 g/mol. The predicted molar refractivity (Wildman–Crippen MR) is 128 cm³/mol. The Balaban J connectivity index is 1.45. The summed E-state index contributed by atoms with van der Waals surface area (Å²) >= 11 is 6.60. The van der Waals surface area contributed by atoms with Gasteiger partial charge in [-0.25, -0.2) is 9.78 Å². The van der Waals surface area contributed by atoms with E-state index in [9.17, 15) is 4.79 Å². The molecule has 1 N–H and O–H groups in total. The maximum absolute atomic E-state index is 11.1. The molecule has 5 rings (SSSR count). The molecule has 32 heavy (non-hydrogen) atoms. The van der Waals surface area contributed by atoms with Crippen LogP contribution in [0.5, 0.6) is 11.4 Å². The molecule has 0 bridgehead atoms. The van der Waals surface area contributed by atoms with E-state index in [-0.39, 0.29) is 13.8 Å². The van der Waals surface area contributed by atoms with E-state index in [1.54, 1.807) is 0 Å². The highest BCUT2D eigenvalue weighted by molar-refractivity contribution is 7.39. The second-order valence-corrected chi connectivity index (χ2v) is 8.77. The second kappa shape index (κ2) is 8.46. The van der Waals surface area contributed by atoms with Gasteiger partial charge < -0.3 is 9.84 Å². The zero-order chi connectivity index (χ0) is 22.1. The summed E-state index contributed by atoms with van der Waals surface area (Å²) < 4.78 is 5.79. The largest absolute Gasteiger partial charge is 0.478 e. The summed E-state index contributed by atoms with van der Waals surface area (Å²) in [7, 11) is 0.185. The molecular formula is C25H16ClN2O3P. The smallest absolute Gasteiger partial charge is 0.337 e. The van der Waals surface area contributed by atoms with Gasteiger partial charge in [0.1, 0.15) is 5.75 Å². The fourth-order valence-corrected chi connectivity index (χ4v) is 4.87. The van der Waals surface area contributed by atoms with Gasteiger partial charge in [0, 0.05) is 21.9 Å². The zero-order valence-electron chi connectivity index (χ0n) is 16.6. The molecule has 0 radical (unpaired) electrons. The molecule has 156 valence electrons. The lowest BCUT2D eigenvalue weighted by Gasteiger charge is -2.07. The number of aromatic nitrogens is 2. The summed E-state index contributed by atoms with van der Waals surface area (Å²) in [6.07, 6.45) is 2.74. The highest BCUT2D eigenvalue weighted by Gasteiger charge is 2.12. The Labute approximate surface area is 190 Å². The van der Waals surface area contributed by atoms with E-state index < -0.39 is 5.97 Å². The third-order valence-electron chi connectivity index (χ3n) is 5.03. The number of fused-ring (bicyclic) bond motifs is 1. The number of carboxylic acid groups (broad SMARTS) is 1. The number of hydrogen-bond donors (Lipinski definition) is 1. The van der Waals surface area contributed by atoms with Crippen molar-refractivity contribution in [2.24, 2.45) is 0 Å². The van der Waals surface area contributed by atoms with E-state index in [1.165, 1.54) is 18.5 Å². The molecule has 0 aliphatic carbocycles. The molecule has 0 fully saturated rings. The highest BCUT2D eigenvalue weighted by atomic mass is 35.5. The van der Waals surface area contributed by atoms with Crippen LogP contribution in [0.4, 0.5) is 0 Å². The first-order valence-electron chi connectivity index (χ1n) is 9.78. The third-order valence-corrected chi connectivity index (χ3v) is 6.44. The van der Waals surface area contributed by atoms with Crippen molar-refractivity contribution < 1.29 is 14.6 Å². The van der Waals surface area contributed by atoms with E-state index in [2.05, 4.69) is 46.4 Å². The summed E-state index contributed by atoms with van der Waals surface area (Å²) in [6.45, 7) is 0. The number of rotatable bonds is 5. The van der Waals surface area contributed by atoms with Crippen LogP contribution in [0, 0.1) is 0 Å². The topological polar surface area (TPSA) is 72.3 Å². The van der Waals surface area contributed by atoms with Gasteiger partial charge in [-0.1, -0.05) is 74.4 Å². The second-order valence-electron chi connectivity index (χ2n) is 7.15. The van der Waals surface area contributed by atoms with Crippen molar-refractivity contribution in [1.82, 2.24) is 9.97 Å². The Morgan fingerprint density at radius 1 is 0.906 bits per heavy atom. The maximum atomic E-state index is 11.1. The molecule has 7 heteroatoms. The Bertz CT molecular complexity index is 1430. The van der Waals surface area contributed by atoms with Gasteiger partial charge in [-0.2, -0.15) is 0 Å². The van der Waals surface area contributed by atoms with Crippen LogP contribution in [-0.4, -0.2) is 21.0 Å². The van der Waals surface area contributed by atoms with Gasteiger partial charge in [0.2, 0.25) is 5.61 Å². The van der Waals surface area contributed by atoms with Crippen LogP contribution in [0.3, 0.4) is 0 Å². The first kappa shape index (κ1) is 20.3. The Morgan fingerprint density at radius 2 is 1.62 bits per heavy atom. The van der Waals surface area contributed by atoms with E-state index >= 15 is 0 Å². The summed E-state index contributed by atoms with van der Waals surface area (Å²) in [5, 5.41) is 10.8. The minimum Gasteiger partial charge on any atom is -0.478 e. The van der Waals surface area contributed by atoms with Crippen molar-refractivity contribution in [1.29, 1.82) is 0 Å². The van der Waals surface area contributed by atoms with Crippen LogP contribution in [0.15, 0.2) is 85.2 Å². The monoisotopic (exact) mass is 458 g/mol. The minimum atomic E-state index is -1.06. The molecule has 1 atom stereocenters. The number of aromatic carboxylic acids is 1. The fourth-order valence-electron chi connectivity index (χ4n) is 3.45. The lowest BCUT2D eigenvalue weighted by molar-refractivity contribution is 0.0696. The average Bonchev–Trinajstić information content (AvgIpc) is 3.20. The fraction of sp³-hybridized carbons (Fsp3) is 0. The lowest BCUT2D eigenvalue weighted by Crippen LogP contribution is -1.97. The van der Waals surface area contributed by atoms with E-state index in [1.807, 2.05) is 30.3 Å². The first-order valence-corrected chi connectivity index (χ1v) is 11.2. The van der Waals surface area contributed by atoms with Crippen molar-refractivity contribution in [3.63, 3.8) is 0 Å². The van der Waals surface area contributed by atoms with Gasteiger partial charge in [-0.3, -0.25) is 4.98 Å². The van der Waals surface area contributed by atoms with Crippen LogP contribution >= 0.6 is 19.8 Å². The summed E-state index contributed by atoms with van der Waals surface area (Å²) in [4.78, 5) is 19.6. The first-order chi connectivity index (χ1) is 15.6. The van der Waals surface area contributed by atoms with Crippen molar-refractivity contribution in [2.75, 3.05) is 0 Å². The van der Waals surface area contributed by atoms with Crippen LogP contribution < -0.4 is 4.74 Å². The number of pyridine rings is 1. The number of carbonyl (C=O) groups is 1. The Morgan fingerprint density at radius 3 is 2.38 bits per heavy atom. The number of benzene rings is 3. The number of hydrogen-bond acceptors (Lipinski definition) is 4. The highest BCUT2D eigenvalue weighted by Crippen LogP contribution is 2.41. The van der Waals surface area contributed by atoms with Crippen LogP contribution in [-0.2, 0) is 0 Å². The van der Waals surface area contributed by atoms with Gasteiger partial charge in [-0.05, 0) is 34.9 Å². The standard InChI is InChI=1S/C25H16ClN2O3P/c26-21-12-23-22(28-25(32-23)31-19-10-18(24(29)30)13-27-14-19)11-20(21)17-8-6-16(7-9-17)15-4-2-1-3-5-15/h1-14,32H,(H,29,30). The molecule has 0 saturated heterocycles. The van der Waals surface area contributed by atoms with Gasteiger partial charge in [0.15, 0.2) is 0 Å². The molecule has 3 aromatic carbocycles. The van der Waals surface area contributed by atoms with E-state index in [4.69, 9.17) is 21.4 Å². The molecule has 2 heterocycles. The molecule has 2 aromatic heterocycles. The molecule has 1 unspecified atom stereocenters. The number of carboxylic acids is 1. The molecule has 0 aliphatic rings. The van der Waals surface area contributed by atoms with Crippen LogP contribution in [0.2, 0.25) is 5.02 Å². The molecular weight excluding hydrogens is 443 g/mol. The maximum Gasteiger partial charge on any atom is 0.337 e. The van der Waals surface area contributed by atoms with Crippen molar-refractivity contribution >= 4 is 36.4 Å². The molecule has 0 aliphatic heterocycles. The molecule has 5 aromatic rings. The quantitative estimate of drug-likeness (QED) is 0.303. The number of halogens is 1. The lowest BCUT2D eigenvalue weighted by atomic mass is 10.0. The van der Waals surface area contributed by atoms with Gasteiger partial charge in [0.25, 0.3) is 0 Å². The predicted octanol–water partition coefficient (Wildman–Crippen LogP) is 7.14. The van der Waals surface area contributed by atoms with E-state index in [0.29, 0.717) is 16.4 Å². The molecule has 0 saturated carbocycles. The normalized spacial score (nSPS) is 11.2. The third kappa shape index (κ3) is 4.09. The number of nitrogens with zero attached hydrogens (tertiary/aromatic N) is 2. The number of ether oxygens (including phenoxy) is 1. The summed E-state index contributed by atoms with van der Waals surface area (Å²) in [5.74, 6) is -0.719. The van der Waals surface area contributed by atoms with Crippen molar-refractivity contribution in [2.45, 2.75) is 0 Å². The van der Waals surface area contributed by atoms with Crippen LogP contribution in [0.1, 0.15) is 10.4 Å². The van der Waals surface area contributed by atoms with Gasteiger partial charge in [0.05, 0.1) is 17.3 Å². The van der Waals surface area contributed by atoms with Crippen molar-refractivity contribution in [3.05, 3.63) is 95.8 Å². The summed E-state index contributed by atoms with van der Waals surface area (Å²) in [5.41, 5.74) is 5.56. The SMILES string of the molecule is O=C(O)c1cncc(Oc2nc3cc(-c4ccc(-c5ccccc5)cc4)c(Cl)cc3[pH]2)c1. The molecule has 0 spiro atoms. The molecule has 5 nitrogen and oxygen atoms in total.